The summed E-state index contributed by atoms with van der Waals surface area (Å²) in [5.41, 5.74) is 0.589. The molecule has 1 fully saturated rings. The second-order valence-corrected chi connectivity index (χ2v) is 5.83. The summed E-state index contributed by atoms with van der Waals surface area (Å²) in [6.45, 7) is 13.3. The van der Waals surface area contributed by atoms with Gasteiger partial charge >= 0.3 is 0 Å². The molecular formula is C13H27N. The van der Waals surface area contributed by atoms with Crippen molar-refractivity contribution in [3.8, 4) is 0 Å². The Morgan fingerprint density at radius 1 is 1.14 bits per heavy atom. The normalized spacial score (nSPS) is 28.7. The van der Waals surface area contributed by atoms with Gasteiger partial charge in [0.05, 0.1) is 0 Å². The fraction of sp³-hybridized carbons (Fsp3) is 1.00. The number of hydrogen-bond acceptors (Lipinski definition) is 1. The van der Waals surface area contributed by atoms with Crippen molar-refractivity contribution < 1.29 is 0 Å². The SMILES string of the molecule is CC1CC(C(C)C)(C(C)C)CCN1C. The first-order chi connectivity index (χ1) is 6.40. The molecule has 0 bridgehead atoms. The molecule has 14 heavy (non-hydrogen) atoms. The molecule has 0 aliphatic carbocycles. The second kappa shape index (κ2) is 4.22. The summed E-state index contributed by atoms with van der Waals surface area (Å²) in [6, 6.07) is 0.758. The van der Waals surface area contributed by atoms with E-state index in [0.29, 0.717) is 5.41 Å². The maximum Gasteiger partial charge on any atom is 0.00693 e. The zero-order chi connectivity index (χ0) is 10.9. The minimum Gasteiger partial charge on any atom is -0.304 e. The van der Waals surface area contributed by atoms with Gasteiger partial charge in [-0.1, -0.05) is 27.7 Å². The van der Waals surface area contributed by atoms with Crippen LogP contribution in [0.1, 0.15) is 47.5 Å². The zero-order valence-electron chi connectivity index (χ0n) is 10.8. The number of hydrogen-bond donors (Lipinski definition) is 0. The third kappa shape index (κ3) is 1.98. The highest BCUT2D eigenvalue weighted by atomic mass is 15.1. The van der Waals surface area contributed by atoms with Gasteiger partial charge in [-0.2, -0.15) is 0 Å². The van der Waals surface area contributed by atoms with Gasteiger partial charge in [0.25, 0.3) is 0 Å². The fourth-order valence-corrected chi connectivity index (χ4v) is 3.13. The van der Waals surface area contributed by atoms with E-state index in [1.807, 2.05) is 0 Å². The van der Waals surface area contributed by atoms with E-state index in [1.165, 1.54) is 19.4 Å². The van der Waals surface area contributed by atoms with Gasteiger partial charge in [0.1, 0.15) is 0 Å². The van der Waals surface area contributed by atoms with Gasteiger partial charge in [-0.05, 0) is 50.6 Å². The molecule has 1 unspecified atom stereocenters. The van der Waals surface area contributed by atoms with Crippen LogP contribution < -0.4 is 0 Å². The second-order valence-electron chi connectivity index (χ2n) is 5.83. The fourth-order valence-electron chi connectivity index (χ4n) is 3.13. The summed E-state index contributed by atoms with van der Waals surface area (Å²) < 4.78 is 0. The van der Waals surface area contributed by atoms with Crippen molar-refractivity contribution in [2.45, 2.75) is 53.5 Å². The van der Waals surface area contributed by atoms with Gasteiger partial charge in [0, 0.05) is 6.04 Å². The molecule has 1 heterocycles. The molecule has 1 heteroatoms. The van der Waals surface area contributed by atoms with Crippen molar-refractivity contribution in [3.05, 3.63) is 0 Å². The Bertz CT molecular complexity index is 176. The maximum absolute atomic E-state index is 2.50. The van der Waals surface area contributed by atoms with Crippen LogP contribution in [0.25, 0.3) is 0 Å². The van der Waals surface area contributed by atoms with Crippen LogP contribution in [-0.4, -0.2) is 24.5 Å². The van der Waals surface area contributed by atoms with E-state index in [2.05, 4.69) is 46.6 Å². The van der Waals surface area contributed by atoms with Crippen molar-refractivity contribution in [2.75, 3.05) is 13.6 Å². The van der Waals surface area contributed by atoms with E-state index < -0.39 is 0 Å². The van der Waals surface area contributed by atoms with Crippen molar-refractivity contribution >= 4 is 0 Å². The third-order valence-corrected chi connectivity index (χ3v) is 4.66. The van der Waals surface area contributed by atoms with Crippen LogP contribution in [0.15, 0.2) is 0 Å². The summed E-state index contributed by atoms with van der Waals surface area (Å²) >= 11 is 0. The average molecular weight is 197 g/mol. The maximum atomic E-state index is 2.50. The van der Waals surface area contributed by atoms with Crippen LogP contribution in [-0.2, 0) is 0 Å². The van der Waals surface area contributed by atoms with E-state index in [-0.39, 0.29) is 0 Å². The topological polar surface area (TPSA) is 3.24 Å². The van der Waals surface area contributed by atoms with Gasteiger partial charge in [-0.15, -0.1) is 0 Å². The van der Waals surface area contributed by atoms with Crippen molar-refractivity contribution in [1.82, 2.24) is 4.90 Å². The lowest BCUT2D eigenvalue weighted by molar-refractivity contribution is -0.000222. The molecule has 1 aliphatic rings. The molecule has 1 rings (SSSR count). The average Bonchev–Trinajstić information content (AvgIpc) is 2.09. The van der Waals surface area contributed by atoms with Gasteiger partial charge in [-0.3, -0.25) is 0 Å². The molecule has 0 aromatic carbocycles. The number of nitrogens with zero attached hydrogens (tertiary/aromatic N) is 1. The monoisotopic (exact) mass is 197 g/mol. The van der Waals surface area contributed by atoms with Gasteiger partial charge in [0.2, 0.25) is 0 Å². The Morgan fingerprint density at radius 3 is 2.00 bits per heavy atom. The van der Waals surface area contributed by atoms with E-state index >= 15 is 0 Å². The summed E-state index contributed by atoms with van der Waals surface area (Å²) in [5.74, 6) is 1.64. The minimum atomic E-state index is 0.589. The lowest BCUT2D eigenvalue weighted by Crippen LogP contribution is -2.48. The molecule has 0 spiro atoms. The Hall–Kier alpha value is -0.0400. The standard InChI is InChI=1S/C13H27N/c1-10(2)13(11(3)4)7-8-14(6)12(5)9-13/h10-12H,7-9H2,1-6H3. The zero-order valence-corrected chi connectivity index (χ0v) is 10.8. The van der Waals surface area contributed by atoms with Crippen LogP contribution in [0, 0.1) is 17.3 Å². The number of likely N-dealkylation sites (tertiary alicyclic amines) is 1. The lowest BCUT2D eigenvalue weighted by atomic mass is 9.62. The van der Waals surface area contributed by atoms with Crippen molar-refractivity contribution in [1.29, 1.82) is 0 Å². The van der Waals surface area contributed by atoms with Crippen molar-refractivity contribution in [3.63, 3.8) is 0 Å². The molecule has 1 nitrogen and oxygen atoms in total. The minimum absolute atomic E-state index is 0.589. The molecule has 0 saturated carbocycles. The van der Waals surface area contributed by atoms with E-state index in [1.54, 1.807) is 0 Å². The first kappa shape index (κ1) is 12.0. The summed E-state index contributed by atoms with van der Waals surface area (Å²) in [7, 11) is 2.26. The van der Waals surface area contributed by atoms with Crippen LogP contribution in [0.5, 0.6) is 0 Å². The Labute approximate surface area is 89.9 Å². The Kier molecular flexibility index (Phi) is 3.63. The predicted molar refractivity (Wildman–Crippen MR) is 63.4 cm³/mol. The summed E-state index contributed by atoms with van der Waals surface area (Å²) in [5, 5.41) is 0. The molecule has 0 radical (unpaired) electrons. The molecule has 0 aromatic rings. The predicted octanol–water partition coefficient (Wildman–Crippen LogP) is 3.40. The van der Waals surface area contributed by atoms with E-state index in [0.717, 1.165) is 17.9 Å². The van der Waals surface area contributed by atoms with Crippen molar-refractivity contribution in [2.24, 2.45) is 17.3 Å². The highest BCUT2D eigenvalue weighted by Gasteiger charge is 2.41. The van der Waals surface area contributed by atoms with Gasteiger partial charge in [0.15, 0.2) is 0 Å². The Balaban J connectivity index is 2.80. The van der Waals surface area contributed by atoms with Crippen LogP contribution in [0.4, 0.5) is 0 Å². The first-order valence-corrected chi connectivity index (χ1v) is 6.10. The third-order valence-electron chi connectivity index (χ3n) is 4.66. The quantitative estimate of drug-likeness (QED) is 0.656. The largest absolute Gasteiger partial charge is 0.304 e. The summed E-state index contributed by atoms with van der Waals surface area (Å²) in [6.07, 6.45) is 2.75. The van der Waals surface area contributed by atoms with Gasteiger partial charge in [-0.25, -0.2) is 0 Å². The van der Waals surface area contributed by atoms with Gasteiger partial charge < -0.3 is 4.90 Å². The molecule has 1 saturated heterocycles. The highest BCUT2D eigenvalue weighted by Crippen LogP contribution is 2.46. The molecule has 84 valence electrons. The van der Waals surface area contributed by atoms with Crippen LogP contribution >= 0.6 is 0 Å². The molecule has 0 aromatic heterocycles. The number of rotatable bonds is 2. The summed E-state index contributed by atoms with van der Waals surface area (Å²) in [4.78, 5) is 2.50. The molecule has 0 amide bonds. The lowest BCUT2D eigenvalue weighted by Gasteiger charge is -2.50. The van der Waals surface area contributed by atoms with E-state index in [4.69, 9.17) is 0 Å². The highest BCUT2D eigenvalue weighted by molar-refractivity contribution is 4.93. The molecule has 0 N–H and O–H groups in total. The molecule has 1 aliphatic heterocycles. The molecular weight excluding hydrogens is 170 g/mol. The smallest absolute Gasteiger partial charge is 0.00693 e. The first-order valence-electron chi connectivity index (χ1n) is 6.10. The Morgan fingerprint density at radius 2 is 1.64 bits per heavy atom. The van der Waals surface area contributed by atoms with E-state index in [9.17, 15) is 0 Å². The van der Waals surface area contributed by atoms with Crippen LogP contribution in [0.2, 0.25) is 0 Å². The van der Waals surface area contributed by atoms with Crippen LogP contribution in [0.3, 0.4) is 0 Å². The molecule has 1 atom stereocenters. The number of piperidine rings is 1.